The minimum absolute atomic E-state index is 0.0513. The van der Waals surface area contributed by atoms with Crippen molar-refractivity contribution >= 4 is 23.7 Å². The second kappa shape index (κ2) is 5.79. The van der Waals surface area contributed by atoms with E-state index in [1.165, 1.54) is 11.8 Å². The van der Waals surface area contributed by atoms with Gasteiger partial charge in [0.2, 0.25) is 5.95 Å². The Bertz CT molecular complexity index is 463. The first-order valence-corrected chi connectivity index (χ1v) is 7.19. The fourth-order valence-electron chi connectivity index (χ4n) is 2.05. The molecule has 1 aromatic rings. The molecule has 0 bridgehead atoms. The molecule has 19 heavy (non-hydrogen) atoms. The van der Waals surface area contributed by atoms with Gasteiger partial charge in [-0.05, 0) is 26.7 Å². The number of thioether (sulfide) groups is 1. The molecule has 0 amide bonds. The predicted octanol–water partition coefficient (Wildman–Crippen LogP) is 1.17. The molecule has 2 atom stereocenters. The van der Waals surface area contributed by atoms with Crippen LogP contribution in [0.4, 0.5) is 5.95 Å². The molecule has 3 N–H and O–H groups in total. The maximum absolute atomic E-state index is 10.8. The minimum atomic E-state index is -0.887. The molecular weight excluding hydrogens is 268 g/mol. The van der Waals surface area contributed by atoms with Crippen LogP contribution in [0.25, 0.3) is 0 Å². The Morgan fingerprint density at radius 2 is 2.32 bits per heavy atom. The largest absolute Gasteiger partial charge is 0.479 e. The van der Waals surface area contributed by atoms with Crippen LogP contribution in [0.15, 0.2) is 5.16 Å². The van der Waals surface area contributed by atoms with Crippen molar-refractivity contribution in [3.8, 4) is 0 Å². The normalized spacial score (nSPS) is 23.1. The van der Waals surface area contributed by atoms with Gasteiger partial charge in [-0.3, -0.25) is 4.57 Å². The number of carboxylic acid groups (broad SMARTS) is 1. The highest BCUT2D eigenvalue weighted by Crippen LogP contribution is 2.28. The zero-order valence-corrected chi connectivity index (χ0v) is 11.8. The molecule has 0 spiro atoms. The quantitative estimate of drug-likeness (QED) is 0.783. The van der Waals surface area contributed by atoms with Gasteiger partial charge >= 0.3 is 5.97 Å². The van der Waals surface area contributed by atoms with E-state index >= 15 is 0 Å². The number of hydrogen-bond donors (Lipinski definition) is 2. The van der Waals surface area contributed by atoms with Gasteiger partial charge < -0.3 is 15.6 Å². The van der Waals surface area contributed by atoms with E-state index in [1.807, 2.05) is 18.4 Å². The van der Waals surface area contributed by atoms with Crippen molar-refractivity contribution < 1.29 is 14.6 Å². The third-order valence-electron chi connectivity index (χ3n) is 2.99. The van der Waals surface area contributed by atoms with Gasteiger partial charge in [0.25, 0.3) is 0 Å². The van der Waals surface area contributed by atoms with Crippen LogP contribution in [0.2, 0.25) is 0 Å². The van der Waals surface area contributed by atoms with E-state index in [-0.39, 0.29) is 12.1 Å². The summed E-state index contributed by atoms with van der Waals surface area (Å²) in [4.78, 5) is 10.8. The van der Waals surface area contributed by atoms with E-state index in [1.54, 1.807) is 0 Å². The summed E-state index contributed by atoms with van der Waals surface area (Å²) in [6, 6.07) is 0.189. The highest BCUT2D eigenvalue weighted by atomic mass is 32.2. The maximum atomic E-state index is 10.8. The zero-order valence-electron chi connectivity index (χ0n) is 10.9. The van der Waals surface area contributed by atoms with Gasteiger partial charge in [-0.25, -0.2) is 4.79 Å². The van der Waals surface area contributed by atoms with Crippen molar-refractivity contribution in [3.63, 3.8) is 0 Å². The first-order valence-electron chi connectivity index (χ1n) is 6.20. The van der Waals surface area contributed by atoms with Crippen molar-refractivity contribution in [2.45, 2.75) is 50.1 Å². The predicted molar refractivity (Wildman–Crippen MR) is 71.1 cm³/mol. The monoisotopic (exact) mass is 286 g/mol. The minimum Gasteiger partial charge on any atom is -0.479 e. The Kier molecular flexibility index (Phi) is 4.31. The first kappa shape index (κ1) is 14.1. The SMILES string of the molecule is CC(C)n1c(N)nnc1SCC1CCC(C(=O)O)O1. The number of hydrogen-bond acceptors (Lipinski definition) is 6. The Hall–Kier alpha value is -1.28. The third-order valence-corrected chi connectivity index (χ3v) is 4.06. The highest BCUT2D eigenvalue weighted by molar-refractivity contribution is 7.99. The molecule has 7 nitrogen and oxygen atoms in total. The van der Waals surface area contributed by atoms with Crippen LogP contribution in [-0.4, -0.2) is 43.8 Å². The van der Waals surface area contributed by atoms with Crippen LogP contribution in [0, 0.1) is 0 Å². The molecule has 0 radical (unpaired) electrons. The lowest BCUT2D eigenvalue weighted by atomic mass is 10.2. The number of carbonyl (C=O) groups is 1. The van der Waals surface area contributed by atoms with Gasteiger partial charge in [0.1, 0.15) is 0 Å². The molecule has 2 rings (SSSR count). The van der Waals surface area contributed by atoms with Crippen molar-refractivity contribution in [2.24, 2.45) is 0 Å². The van der Waals surface area contributed by atoms with Gasteiger partial charge in [-0.2, -0.15) is 0 Å². The lowest BCUT2D eigenvalue weighted by Crippen LogP contribution is -2.21. The summed E-state index contributed by atoms with van der Waals surface area (Å²) in [7, 11) is 0. The van der Waals surface area contributed by atoms with Crippen molar-refractivity contribution in [2.75, 3.05) is 11.5 Å². The molecule has 106 valence electrons. The van der Waals surface area contributed by atoms with Crippen LogP contribution in [0.1, 0.15) is 32.7 Å². The second-order valence-corrected chi connectivity index (χ2v) is 5.77. The van der Waals surface area contributed by atoms with E-state index in [4.69, 9.17) is 15.6 Å². The summed E-state index contributed by atoms with van der Waals surface area (Å²) in [6.45, 7) is 4.02. The number of rotatable bonds is 5. The summed E-state index contributed by atoms with van der Waals surface area (Å²) in [5, 5.41) is 17.5. The average Bonchev–Trinajstić information content (AvgIpc) is 2.92. The molecule has 0 saturated carbocycles. The summed E-state index contributed by atoms with van der Waals surface area (Å²) < 4.78 is 7.30. The number of ether oxygens (including phenoxy) is 1. The molecule has 0 aliphatic carbocycles. The van der Waals surface area contributed by atoms with E-state index in [2.05, 4.69) is 10.2 Å². The molecular formula is C11H18N4O3S. The fraction of sp³-hybridized carbons (Fsp3) is 0.727. The van der Waals surface area contributed by atoms with E-state index < -0.39 is 12.1 Å². The average molecular weight is 286 g/mol. The van der Waals surface area contributed by atoms with Gasteiger partial charge in [0, 0.05) is 11.8 Å². The smallest absolute Gasteiger partial charge is 0.332 e. The topological polar surface area (TPSA) is 103 Å². The van der Waals surface area contributed by atoms with Crippen LogP contribution >= 0.6 is 11.8 Å². The van der Waals surface area contributed by atoms with Crippen molar-refractivity contribution in [1.29, 1.82) is 0 Å². The summed E-state index contributed by atoms with van der Waals surface area (Å²) >= 11 is 1.50. The molecule has 0 aromatic carbocycles. The first-order chi connectivity index (χ1) is 8.99. The third kappa shape index (κ3) is 3.19. The van der Waals surface area contributed by atoms with Crippen molar-refractivity contribution in [3.05, 3.63) is 0 Å². The van der Waals surface area contributed by atoms with Gasteiger partial charge in [0.15, 0.2) is 11.3 Å². The summed E-state index contributed by atoms with van der Waals surface area (Å²) in [5.74, 6) is 0.171. The van der Waals surface area contributed by atoms with Crippen molar-refractivity contribution in [1.82, 2.24) is 14.8 Å². The molecule has 1 aliphatic heterocycles. The second-order valence-electron chi connectivity index (χ2n) is 4.78. The molecule has 1 aliphatic rings. The number of anilines is 1. The van der Waals surface area contributed by atoms with Crippen LogP contribution < -0.4 is 5.73 Å². The van der Waals surface area contributed by atoms with E-state index in [0.29, 0.717) is 18.1 Å². The van der Waals surface area contributed by atoms with E-state index in [9.17, 15) is 4.79 Å². The molecule has 2 heterocycles. The molecule has 8 heteroatoms. The van der Waals surface area contributed by atoms with Crippen LogP contribution in [-0.2, 0) is 9.53 Å². The molecule has 1 saturated heterocycles. The lowest BCUT2D eigenvalue weighted by molar-refractivity contribution is -0.148. The van der Waals surface area contributed by atoms with Gasteiger partial charge in [-0.15, -0.1) is 10.2 Å². The van der Waals surface area contributed by atoms with Crippen LogP contribution in [0.5, 0.6) is 0 Å². The van der Waals surface area contributed by atoms with Crippen LogP contribution in [0.3, 0.4) is 0 Å². The Morgan fingerprint density at radius 1 is 1.58 bits per heavy atom. The summed E-state index contributed by atoms with van der Waals surface area (Å²) in [6.07, 6.45) is 0.609. The number of nitrogens with two attached hydrogens (primary N) is 1. The number of carboxylic acids is 1. The highest BCUT2D eigenvalue weighted by Gasteiger charge is 2.30. The van der Waals surface area contributed by atoms with Gasteiger partial charge in [-0.1, -0.05) is 11.8 Å². The maximum Gasteiger partial charge on any atom is 0.332 e. The van der Waals surface area contributed by atoms with E-state index in [0.717, 1.165) is 11.6 Å². The number of nitrogen functional groups attached to an aromatic ring is 1. The zero-order chi connectivity index (χ0) is 14.0. The Labute approximate surface area is 115 Å². The number of aromatic nitrogens is 3. The lowest BCUT2D eigenvalue weighted by Gasteiger charge is -2.13. The number of aliphatic carboxylic acids is 1. The summed E-state index contributed by atoms with van der Waals surface area (Å²) in [5.41, 5.74) is 5.75. The Morgan fingerprint density at radius 3 is 2.89 bits per heavy atom. The standard InChI is InChI=1S/C11H18N4O3S/c1-6(2)15-10(12)13-14-11(15)19-5-7-3-4-8(18-7)9(16)17/h6-8H,3-5H2,1-2H3,(H2,12,13)(H,16,17). The van der Waals surface area contributed by atoms with Gasteiger partial charge in [0.05, 0.1) is 6.10 Å². The molecule has 1 aromatic heterocycles. The fourth-order valence-corrected chi connectivity index (χ4v) is 3.17. The Balaban J connectivity index is 1.92. The molecule has 2 unspecified atom stereocenters. The molecule has 1 fully saturated rings. The number of nitrogens with zero attached hydrogens (tertiary/aromatic N) is 3.